The summed E-state index contributed by atoms with van der Waals surface area (Å²) in [7, 11) is 0. The monoisotopic (exact) mass is 255 g/mol. The van der Waals surface area contributed by atoms with Crippen LogP contribution in [0.25, 0.3) is 0 Å². The lowest BCUT2D eigenvalue weighted by Gasteiger charge is -2.18. The first-order valence-corrected chi connectivity index (χ1v) is 5.82. The van der Waals surface area contributed by atoms with E-state index in [0.29, 0.717) is 18.0 Å². The molecule has 0 saturated carbocycles. The van der Waals surface area contributed by atoms with Gasteiger partial charge in [0.15, 0.2) is 0 Å². The molecule has 94 valence electrons. The zero-order valence-corrected chi connectivity index (χ0v) is 11.0. The summed E-state index contributed by atoms with van der Waals surface area (Å²) in [5.74, 6) is 0.168. The predicted octanol–water partition coefficient (Wildman–Crippen LogP) is 1.16. The Labute approximate surface area is 106 Å². The highest BCUT2D eigenvalue weighted by Gasteiger charge is 2.24. The third-order valence-electron chi connectivity index (χ3n) is 2.38. The molecule has 0 fully saturated rings. The van der Waals surface area contributed by atoms with E-state index in [1.165, 1.54) is 0 Å². The van der Waals surface area contributed by atoms with Crippen LogP contribution in [0.2, 0.25) is 0 Å². The van der Waals surface area contributed by atoms with E-state index in [2.05, 4.69) is 10.5 Å². The molecule has 5 nitrogen and oxygen atoms in total. The van der Waals surface area contributed by atoms with Gasteiger partial charge < -0.3 is 15.6 Å². The Bertz CT molecular complexity index is 415. The fraction of sp³-hybridized carbons (Fsp3) is 0.545. The maximum absolute atomic E-state index is 11.9. The van der Waals surface area contributed by atoms with Crippen LogP contribution in [-0.4, -0.2) is 16.1 Å². The van der Waals surface area contributed by atoms with Gasteiger partial charge in [-0.05, 0) is 12.8 Å². The van der Waals surface area contributed by atoms with Crippen molar-refractivity contribution < 1.29 is 9.32 Å². The van der Waals surface area contributed by atoms with E-state index in [1.54, 1.807) is 13.0 Å². The van der Waals surface area contributed by atoms with Crippen LogP contribution in [0.15, 0.2) is 10.6 Å². The van der Waals surface area contributed by atoms with E-state index in [0.717, 1.165) is 0 Å². The fourth-order valence-corrected chi connectivity index (χ4v) is 1.93. The van der Waals surface area contributed by atoms with Crippen molar-refractivity contribution >= 4 is 23.1 Å². The van der Waals surface area contributed by atoms with E-state index in [-0.39, 0.29) is 16.8 Å². The number of carbonyl (C=O) groups is 1. The maximum atomic E-state index is 11.9. The van der Waals surface area contributed by atoms with Gasteiger partial charge in [-0.15, -0.1) is 0 Å². The topological polar surface area (TPSA) is 81.2 Å². The number of hydrogen-bond acceptors (Lipinski definition) is 4. The van der Waals surface area contributed by atoms with Gasteiger partial charge in [-0.3, -0.25) is 4.79 Å². The van der Waals surface area contributed by atoms with Crippen molar-refractivity contribution in [3.63, 3.8) is 0 Å². The first-order valence-electron chi connectivity index (χ1n) is 5.41. The first-order chi connectivity index (χ1) is 7.91. The maximum Gasteiger partial charge on any atom is 0.230 e. The van der Waals surface area contributed by atoms with E-state index in [9.17, 15) is 4.79 Å². The number of thiocarbonyl (C=S) groups is 1. The third-order valence-corrected chi connectivity index (χ3v) is 2.63. The number of aryl methyl sites for hydroxylation is 1. The average molecular weight is 255 g/mol. The van der Waals surface area contributed by atoms with Gasteiger partial charge in [-0.1, -0.05) is 31.2 Å². The number of rotatable bonds is 5. The first kappa shape index (κ1) is 13.6. The zero-order valence-electron chi connectivity index (χ0n) is 10.2. The summed E-state index contributed by atoms with van der Waals surface area (Å²) in [5, 5.41) is 6.53. The number of aromatic nitrogens is 1. The second-order valence-electron chi connectivity index (χ2n) is 4.27. The molecule has 6 heteroatoms. The van der Waals surface area contributed by atoms with Gasteiger partial charge in [0.1, 0.15) is 11.5 Å². The van der Waals surface area contributed by atoms with Crippen LogP contribution in [0.5, 0.6) is 0 Å². The molecular weight excluding hydrogens is 238 g/mol. The smallest absolute Gasteiger partial charge is 0.230 e. The van der Waals surface area contributed by atoms with Crippen molar-refractivity contribution in [1.82, 2.24) is 10.5 Å². The Kier molecular flexibility index (Phi) is 4.62. The molecule has 1 amide bonds. The molecule has 17 heavy (non-hydrogen) atoms. The van der Waals surface area contributed by atoms with E-state index < -0.39 is 5.92 Å². The van der Waals surface area contributed by atoms with Gasteiger partial charge in [0.05, 0.1) is 17.5 Å². The average Bonchev–Trinajstić information content (AvgIpc) is 2.60. The van der Waals surface area contributed by atoms with Gasteiger partial charge in [0, 0.05) is 6.07 Å². The number of nitrogens with two attached hydrogens (primary N) is 1. The molecule has 0 radical (unpaired) electrons. The number of carbonyl (C=O) groups excluding carboxylic acids is 1. The summed E-state index contributed by atoms with van der Waals surface area (Å²) in [6, 6.07) is 1.77. The minimum atomic E-state index is -0.446. The molecule has 1 aromatic heterocycles. The molecule has 1 aromatic rings. The molecule has 3 N–H and O–H groups in total. The van der Waals surface area contributed by atoms with Crippen LogP contribution in [0.3, 0.4) is 0 Å². The van der Waals surface area contributed by atoms with Crippen LogP contribution in [0.1, 0.15) is 25.3 Å². The van der Waals surface area contributed by atoms with Gasteiger partial charge in [0.25, 0.3) is 0 Å². The van der Waals surface area contributed by atoms with E-state index >= 15 is 0 Å². The number of nitrogens with one attached hydrogen (secondary N) is 1. The molecule has 0 aliphatic carbocycles. The van der Waals surface area contributed by atoms with E-state index in [1.807, 2.05) is 13.8 Å². The minimum Gasteiger partial charge on any atom is -0.393 e. The summed E-state index contributed by atoms with van der Waals surface area (Å²) in [4.78, 5) is 12.1. The molecular formula is C11H17N3O2S. The zero-order chi connectivity index (χ0) is 13.0. The quantitative estimate of drug-likeness (QED) is 0.772. The second kappa shape index (κ2) is 5.77. The van der Waals surface area contributed by atoms with Crippen LogP contribution < -0.4 is 11.1 Å². The summed E-state index contributed by atoms with van der Waals surface area (Å²) in [6.07, 6.45) is 0. The number of amides is 1. The van der Waals surface area contributed by atoms with Gasteiger partial charge in [0.2, 0.25) is 5.91 Å². The number of nitrogens with zero attached hydrogens (tertiary/aromatic N) is 1. The van der Waals surface area contributed by atoms with Crippen molar-refractivity contribution in [1.29, 1.82) is 0 Å². The molecule has 0 saturated heterocycles. The fourth-order valence-electron chi connectivity index (χ4n) is 1.55. The highest BCUT2D eigenvalue weighted by Crippen LogP contribution is 2.11. The van der Waals surface area contributed by atoms with E-state index in [4.69, 9.17) is 22.5 Å². The Morgan fingerprint density at radius 3 is 2.71 bits per heavy atom. The summed E-state index contributed by atoms with van der Waals surface area (Å²) >= 11 is 4.89. The van der Waals surface area contributed by atoms with Gasteiger partial charge >= 0.3 is 0 Å². The van der Waals surface area contributed by atoms with Crippen LogP contribution in [0, 0.1) is 18.8 Å². The molecule has 1 rings (SSSR count). The molecule has 0 bridgehead atoms. The van der Waals surface area contributed by atoms with Crippen molar-refractivity contribution in [2.75, 3.05) is 0 Å². The summed E-state index contributed by atoms with van der Waals surface area (Å²) < 4.78 is 4.90. The van der Waals surface area contributed by atoms with Crippen molar-refractivity contribution in [2.45, 2.75) is 27.3 Å². The lowest BCUT2D eigenvalue weighted by atomic mass is 9.95. The Hall–Kier alpha value is -1.43. The highest BCUT2D eigenvalue weighted by atomic mass is 32.1. The lowest BCUT2D eigenvalue weighted by Crippen LogP contribution is -2.40. The normalized spacial score (nSPS) is 12.5. The Morgan fingerprint density at radius 1 is 1.65 bits per heavy atom. The third kappa shape index (κ3) is 3.81. The lowest BCUT2D eigenvalue weighted by molar-refractivity contribution is -0.124. The predicted molar refractivity (Wildman–Crippen MR) is 68.2 cm³/mol. The van der Waals surface area contributed by atoms with Crippen LogP contribution in [-0.2, 0) is 11.3 Å². The molecule has 0 aliphatic heterocycles. The number of hydrogen-bond donors (Lipinski definition) is 2. The highest BCUT2D eigenvalue weighted by molar-refractivity contribution is 7.80. The summed E-state index contributed by atoms with van der Waals surface area (Å²) in [5.41, 5.74) is 6.23. The van der Waals surface area contributed by atoms with Crippen molar-refractivity contribution in [3.8, 4) is 0 Å². The SMILES string of the molecule is Cc1cc(CNC(=O)C(C(N)=S)C(C)C)no1. The van der Waals surface area contributed by atoms with Gasteiger partial charge in [-0.2, -0.15) is 0 Å². The standard InChI is InChI=1S/C11H17N3O2S/c1-6(2)9(10(12)17)11(15)13-5-8-4-7(3)16-14-8/h4,6,9H,5H2,1-3H3,(H2,12,17)(H,13,15). The second-order valence-corrected chi connectivity index (χ2v) is 4.74. The minimum absolute atomic E-state index is 0.0755. The van der Waals surface area contributed by atoms with Gasteiger partial charge in [-0.25, -0.2) is 0 Å². The molecule has 0 spiro atoms. The molecule has 0 aromatic carbocycles. The van der Waals surface area contributed by atoms with Crippen LogP contribution >= 0.6 is 12.2 Å². The molecule has 1 unspecified atom stereocenters. The van der Waals surface area contributed by atoms with Crippen molar-refractivity contribution in [2.24, 2.45) is 17.6 Å². The largest absolute Gasteiger partial charge is 0.393 e. The Morgan fingerprint density at radius 2 is 2.29 bits per heavy atom. The van der Waals surface area contributed by atoms with Crippen LogP contribution in [0.4, 0.5) is 0 Å². The molecule has 0 aliphatic rings. The molecule has 1 heterocycles. The summed E-state index contributed by atoms with van der Waals surface area (Å²) in [6.45, 7) is 5.93. The Balaban J connectivity index is 2.56. The van der Waals surface area contributed by atoms with Crippen molar-refractivity contribution in [3.05, 3.63) is 17.5 Å². The molecule has 1 atom stereocenters.